The van der Waals surface area contributed by atoms with Crippen molar-refractivity contribution in [3.63, 3.8) is 0 Å². The maximum absolute atomic E-state index is 11.8. The van der Waals surface area contributed by atoms with Crippen molar-refractivity contribution in [2.24, 2.45) is 0 Å². The molecule has 0 unspecified atom stereocenters. The summed E-state index contributed by atoms with van der Waals surface area (Å²) >= 11 is 0. The normalized spacial score (nSPS) is 30.0. The molecule has 2 aliphatic heterocycles. The minimum atomic E-state index is 0.138. The van der Waals surface area contributed by atoms with Gasteiger partial charge in [-0.15, -0.1) is 0 Å². The van der Waals surface area contributed by atoms with Gasteiger partial charge in [0.25, 0.3) is 0 Å². The minimum Gasteiger partial charge on any atom is -0.468 e. The van der Waals surface area contributed by atoms with E-state index in [-0.39, 0.29) is 12.1 Å². The molecule has 3 heteroatoms. The predicted octanol–water partition coefficient (Wildman–Crippen LogP) is 2.70. The van der Waals surface area contributed by atoms with Crippen molar-refractivity contribution in [3.05, 3.63) is 36.3 Å². The van der Waals surface area contributed by atoms with E-state index in [4.69, 9.17) is 4.42 Å². The van der Waals surface area contributed by atoms with Gasteiger partial charge in [-0.3, -0.25) is 9.69 Å². The summed E-state index contributed by atoms with van der Waals surface area (Å²) in [7, 11) is 0. The Hall–Kier alpha value is -1.35. The second-order valence-electron chi connectivity index (χ2n) is 4.85. The van der Waals surface area contributed by atoms with Crippen LogP contribution in [-0.2, 0) is 4.79 Å². The molecule has 2 atom stereocenters. The lowest BCUT2D eigenvalue weighted by Crippen LogP contribution is -2.43. The fourth-order valence-electron chi connectivity index (χ4n) is 2.89. The molecule has 1 saturated heterocycles. The minimum absolute atomic E-state index is 0.138. The summed E-state index contributed by atoms with van der Waals surface area (Å²) in [4.78, 5) is 14.3. The van der Waals surface area contributed by atoms with Gasteiger partial charge in [-0.05, 0) is 31.5 Å². The summed E-state index contributed by atoms with van der Waals surface area (Å²) in [5.74, 6) is 1.28. The van der Waals surface area contributed by atoms with Crippen LogP contribution in [0.5, 0.6) is 0 Å². The number of furan rings is 1. The Morgan fingerprint density at radius 1 is 1.35 bits per heavy atom. The van der Waals surface area contributed by atoms with Crippen LogP contribution in [0.2, 0.25) is 0 Å². The average molecular weight is 231 g/mol. The van der Waals surface area contributed by atoms with Gasteiger partial charge in [-0.25, -0.2) is 0 Å². The third-order valence-electron chi connectivity index (χ3n) is 3.70. The number of hydrogen-bond acceptors (Lipinski definition) is 3. The Morgan fingerprint density at radius 2 is 2.29 bits per heavy atom. The Balaban J connectivity index is 1.91. The molecular weight excluding hydrogens is 214 g/mol. The average Bonchev–Trinajstić information content (AvgIpc) is 2.74. The zero-order valence-electron chi connectivity index (χ0n) is 9.84. The van der Waals surface area contributed by atoms with E-state index in [9.17, 15) is 4.79 Å². The highest BCUT2D eigenvalue weighted by Gasteiger charge is 2.35. The van der Waals surface area contributed by atoms with E-state index in [2.05, 4.69) is 17.1 Å². The third kappa shape index (κ3) is 2.07. The van der Waals surface area contributed by atoms with Gasteiger partial charge in [0.2, 0.25) is 0 Å². The topological polar surface area (TPSA) is 33.5 Å². The number of Topliss-reactive ketones (excluding diaryl/α,β-unsaturated/α-hetero) is 1. The Morgan fingerprint density at radius 3 is 3.12 bits per heavy atom. The fourth-order valence-corrected chi connectivity index (χ4v) is 2.89. The van der Waals surface area contributed by atoms with Crippen LogP contribution in [0.15, 0.2) is 35.0 Å². The maximum Gasteiger partial charge on any atom is 0.136 e. The van der Waals surface area contributed by atoms with Gasteiger partial charge in [-0.2, -0.15) is 0 Å². The van der Waals surface area contributed by atoms with Gasteiger partial charge in [0.15, 0.2) is 0 Å². The number of allylic oxidation sites excluding steroid dienone is 1. The molecule has 17 heavy (non-hydrogen) atoms. The van der Waals surface area contributed by atoms with Crippen molar-refractivity contribution in [1.82, 2.24) is 4.90 Å². The third-order valence-corrected chi connectivity index (χ3v) is 3.70. The van der Waals surface area contributed by atoms with Crippen LogP contribution in [0.3, 0.4) is 0 Å². The van der Waals surface area contributed by atoms with E-state index in [1.165, 1.54) is 6.42 Å². The lowest BCUT2D eigenvalue weighted by atomic mass is 9.93. The highest BCUT2D eigenvalue weighted by Crippen LogP contribution is 2.34. The van der Waals surface area contributed by atoms with Gasteiger partial charge in [0.05, 0.1) is 12.3 Å². The quantitative estimate of drug-likeness (QED) is 0.697. The number of carbonyl (C=O) groups is 1. The lowest BCUT2D eigenvalue weighted by molar-refractivity contribution is -0.125. The Bertz CT molecular complexity index is 421. The van der Waals surface area contributed by atoms with Crippen molar-refractivity contribution in [3.8, 4) is 0 Å². The molecule has 0 aliphatic carbocycles. The fraction of sp³-hybridized carbons (Fsp3) is 0.500. The first kappa shape index (κ1) is 10.8. The molecule has 0 saturated carbocycles. The largest absolute Gasteiger partial charge is 0.468 e. The van der Waals surface area contributed by atoms with Crippen LogP contribution in [0.4, 0.5) is 0 Å². The van der Waals surface area contributed by atoms with E-state index in [0.717, 1.165) is 18.7 Å². The van der Waals surface area contributed by atoms with Crippen molar-refractivity contribution >= 4 is 5.78 Å². The Kier molecular flexibility index (Phi) is 2.85. The standard InChI is InChI=1S/C14H17NO2/c16-12-9-11-5-2-1-3-7-15(11)13(10-12)14-6-4-8-17-14/h2,4-6,8,11,13H,1,3,7,9-10H2/t11-,13+/m1/s1. The molecule has 1 fully saturated rings. The molecule has 1 aromatic heterocycles. The summed E-state index contributed by atoms with van der Waals surface area (Å²) in [6, 6.07) is 4.29. The molecule has 3 rings (SSSR count). The number of carbonyl (C=O) groups excluding carboxylic acids is 1. The molecule has 0 amide bonds. The van der Waals surface area contributed by atoms with Gasteiger partial charge in [0, 0.05) is 18.9 Å². The number of nitrogens with zero attached hydrogens (tertiary/aromatic N) is 1. The highest BCUT2D eigenvalue weighted by atomic mass is 16.3. The second-order valence-corrected chi connectivity index (χ2v) is 4.85. The van der Waals surface area contributed by atoms with Crippen LogP contribution < -0.4 is 0 Å². The number of ketones is 1. The van der Waals surface area contributed by atoms with Crippen LogP contribution in [0.1, 0.15) is 37.5 Å². The van der Waals surface area contributed by atoms with Crippen molar-refractivity contribution in [2.45, 2.75) is 37.8 Å². The Labute approximate surface area is 101 Å². The first-order chi connectivity index (χ1) is 8.34. The number of piperidine rings is 1. The number of fused-ring (bicyclic) bond motifs is 1. The molecule has 0 aromatic carbocycles. The van der Waals surface area contributed by atoms with Crippen molar-refractivity contribution < 1.29 is 9.21 Å². The zero-order chi connectivity index (χ0) is 11.7. The first-order valence-electron chi connectivity index (χ1n) is 6.32. The van der Waals surface area contributed by atoms with Crippen LogP contribution in [0, 0.1) is 0 Å². The monoisotopic (exact) mass is 231 g/mol. The molecule has 0 bridgehead atoms. The SMILES string of the molecule is O=C1C[C@H]2C=CCCCN2[C@H](c2ccco2)C1. The summed E-state index contributed by atoms with van der Waals surface area (Å²) in [6.07, 6.45) is 9.63. The van der Waals surface area contributed by atoms with E-state index < -0.39 is 0 Å². The van der Waals surface area contributed by atoms with Gasteiger partial charge in [-0.1, -0.05) is 12.2 Å². The molecule has 90 valence electrons. The van der Waals surface area contributed by atoms with Crippen molar-refractivity contribution in [2.75, 3.05) is 6.54 Å². The van der Waals surface area contributed by atoms with Crippen LogP contribution in [0.25, 0.3) is 0 Å². The first-order valence-corrected chi connectivity index (χ1v) is 6.32. The second kappa shape index (κ2) is 4.49. The van der Waals surface area contributed by atoms with Crippen molar-refractivity contribution in [1.29, 1.82) is 0 Å². The summed E-state index contributed by atoms with van der Waals surface area (Å²) < 4.78 is 5.49. The molecule has 3 heterocycles. The summed E-state index contributed by atoms with van der Waals surface area (Å²) in [6.45, 7) is 1.05. The van der Waals surface area contributed by atoms with Gasteiger partial charge < -0.3 is 4.42 Å². The molecule has 2 aliphatic rings. The molecule has 0 spiro atoms. The smallest absolute Gasteiger partial charge is 0.136 e. The van der Waals surface area contributed by atoms with Gasteiger partial charge >= 0.3 is 0 Å². The van der Waals surface area contributed by atoms with E-state index in [1.54, 1.807) is 6.26 Å². The highest BCUT2D eigenvalue weighted by molar-refractivity contribution is 5.81. The summed E-state index contributed by atoms with van der Waals surface area (Å²) in [5.41, 5.74) is 0. The number of hydrogen-bond donors (Lipinski definition) is 0. The van der Waals surface area contributed by atoms with E-state index in [1.807, 2.05) is 12.1 Å². The van der Waals surface area contributed by atoms with E-state index in [0.29, 0.717) is 18.6 Å². The maximum atomic E-state index is 11.8. The molecule has 0 N–H and O–H groups in total. The van der Waals surface area contributed by atoms with Gasteiger partial charge in [0.1, 0.15) is 11.5 Å². The summed E-state index contributed by atoms with van der Waals surface area (Å²) in [5, 5.41) is 0. The zero-order valence-corrected chi connectivity index (χ0v) is 9.84. The molecule has 0 radical (unpaired) electrons. The molecule has 3 nitrogen and oxygen atoms in total. The number of rotatable bonds is 1. The molecular formula is C14H17NO2. The van der Waals surface area contributed by atoms with E-state index >= 15 is 0 Å². The lowest BCUT2D eigenvalue weighted by Gasteiger charge is -2.38. The van der Waals surface area contributed by atoms with Crippen LogP contribution in [-0.4, -0.2) is 23.3 Å². The predicted molar refractivity (Wildman–Crippen MR) is 64.6 cm³/mol. The van der Waals surface area contributed by atoms with Crippen LogP contribution >= 0.6 is 0 Å². The molecule has 1 aromatic rings.